The van der Waals surface area contributed by atoms with Crippen LogP contribution in [0.2, 0.25) is 0 Å². The average Bonchev–Trinajstić information content (AvgIpc) is 2.21. The lowest BCUT2D eigenvalue weighted by Crippen LogP contribution is -2.87. The summed E-state index contributed by atoms with van der Waals surface area (Å²) in [6, 6.07) is 0.398. The Morgan fingerprint density at radius 3 is 2.92 bits per heavy atom. The molecule has 0 aromatic rings. The average molecular weight is 165 g/mol. The summed E-state index contributed by atoms with van der Waals surface area (Å²) in [4.78, 5) is 0. The Balaban J connectivity index is 1.90. The number of hydrogen-bond acceptors (Lipinski definition) is 2. The molecule has 65 valence electrons. The lowest BCUT2D eigenvalue weighted by Gasteiger charge is -2.24. The summed E-state index contributed by atoms with van der Waals surface area (Å²) in [5.41, 5.74) is 0. The standard InChI is InChI=1S/C10H15NO/c1-3-7-11-9(5-1)10-6-2-4-8-12-10/h1,3,5,7,9-11H,2,4,6,8H2/q+1. The maximum absolute atomic E-state index is 5.67. The fourth-order valence-electron chi connectivity index (χ4n) is 1.74. The van der Waals surface area contributed by atoms with E-state index in [4.69, 9.17) is 4.74 Å². The van der Waals surface area contributed by atoms with Crippen molar-refractivity contribution in [3.63, 3.8) is 0 Å². The van der Waals surface area contributed by atoms with Crippen LogP contribution in [0.15, 0.2) is 24.4 Å². The van der Waals surface area contributed by atoms with Crippen molar-refractivity contribution in [2.75, 3.05) is 6.61 Å². The van der Waals surface area contributed by atoms with E-state index in [0.717, 1.165) is 6.61 Å². The maximum Gasteiger partial charge on any atom is 0.180 e. The largest absolute Gasteiger partial charge is 0.371 e. The molecule has 0 aromatic carbocycles. The van der Waals surface area contributed by atoms with E-state index >= 15 is 0 Å². The first-order chi connectivity index (χ1) is 5.97. The van der Waals surface area contributed by atoms with Crippen LogP contribution in [-0.2, 0) is 4.74 Å². The maximum atomic E-state index is 5.67. The van der Waals surface area contributed by atoms with E-state index in [1.54, 1.807) is 0 Å². The first-order valence-electron chi connectivity index (χ1n) is 4.68. The van der Waals surface area contributed by atoms with Gasteiger partial charge in [-0.1, -0.05) is 6.08 Å². The summed E-state index contributed by atoms with van der Waals surface area (Å²) >= 11 is 0. The van der Waals surface area contributed by atoms with Gasteiger partial charge in [0, 0.05) is 6.61 Å². The van der Waals surface area contributed by atoms with E-state index < -0.39 is 0 Å². The van der Waals surface area contributed by atoms with E-state index in [2.05, 4.69) is 17.5 Å². The molecular formula is C10H15NO+. The van der Waals surface area contributed by atoms with Crippen molar-refractivity contribution < 1.29 is 10.1 Å². The van der Waals surface area contributed by atoms with Gasteiger partial charge < -0.3 is 4.74 Å². The molecule has 0 saturated carbocycles. The second kappa shape index (κ2) is 3.87. The Morgan fingerprint density at radius 2 is 2.25 bits per heavy atom. The highest BCUT2D eigenvalue weighted by Gasteiger charge is 2.27. The second-order valence-electron chi connectivity index (χ2n) is 3.34. The summed E-state index contributed by atoms with van der Waals surface area (Å²) in [6.07, 6.45) is 12.4. The predicted molar refractivity (Wildman–Crippen MR) is 46.6 cm³/mol. The minimum atomic E-state index is 0.389. The van der Waals surface area contributed by atoms with Crippen LogP contribution < -0.4 is 5.32 Å². The third-order valence-electron chi connectivity index (χ3n) is 2.43. The van der Waals surface area contributed by atoms with Gasteiger partial charge in [-0.25, -0.2) is 0 Å². The molecule has 2 atom stereocenters. The summed E-state index contributed by atoms with van der Waals surface area (Å²) in [7, 11) is 0. The van der Waals surface area contributed by atoms with Crippen LogP contribution in [0.25, 0.3) is 0 Å². The molecule has 1 N–H and O–H groups in total. The molecule has 0 spiro atoms. The van der Waals surface area contributed by atoms with Crippen molar-refractivity contribution in [2.24, 2.45) is 0 Å². The number of allylic oxidation sites excluding steroid dienone is 2. The van der Waals surface area contributed by atoms with E-state index in [1.165, 1.54) is 19.3 Å². The third kappa shape index (κ3) is 1.76. The first-order valence-corrected chi connectivity index (χ1v) is 4.68. The van der Waals surface area contributed by atoms with Crippen LogP contribution in [0.5, 0.6) is 0 Å². The van der Waals surface area contributed by atoms with Crippen LogP contribution in [0.1, 0.15) is 19.3 Å². The fourth-order valence-corrected chi connectivity index (χ4v) is 1.74. The van der Waals surface area contributed by atoms with Crippen LogP contribution >= 0.6 is 0 Å². The quantitative estimate of drug-likeness (QED) is 0.596. The van der Waals surface area contributed by atoms with Gasteiger partial charge in [0.25, 0.3) is 0 Å². The molecule has 1 radical (unpaired) electrons. The van der Waals surface area contributed by atoms with Gasteiger partial charge in [-0.05, 0) is 31.4 Å². The summed E-state index contributed by atoms with van der Waals surface area (Å²) < 4.78 is 5.67. The smallest absolute Gasteiger partial charge is 0.180 e. The number of ether oxygens (including phenoxy) is 1. The normalized spacial score (nSPS) is 35.3. The van der Waals surface area contributed by atoms with Crippen molar-refractivity contribution in [2.45, 2.75) is 31.4 Å². The Labute approximate surface area is 73.3 Å². The third-order valence-corrected chi connectivity index (χ3v) is 2.43. The zero-order valence-electron chi connectivity index (χ0n) is 7.20. The molecular weight excluding hydrogens is 150 g/mol. The first kappa shape index (κ1) is 8.02. The van der Waals surface area contributed by atoms with Gasteiger partial charge in [-0.15, -0.1) is 5.32 Å². The highest BCUT2D eigenvalue weighted by atomic mass is 16.5. The van der Waals surface area contributed by atoms with Crippen molar-refractivity contribution in [3.8, 4) is 0 Å². The summed E-state index contributed by atoms with van der Waals surface area (Å²) in [5, 5.41) is 3.30. The van der Waals surface area contributed by atoms with Crippen molar-refractivity contribution in [1.29, 1.82) is 0 Å². The van der Waals surface area contributed by atoms with Gasteiger partial charge in [-0.3, -0.25) is 0 Å². The van der Waals surface area contributed by atoms with Crippen molar-refractivity contribution >= 4 is 0 Å². The zero-order chi connectivity index (χ0) is 8.23. The minimum absolute atomic E-state index is 0.389. The van der Waals surface area contributed by atoms with Crippen LogP contribution in [-0.4, -0.2) is 18.8 Å². The topological polar surface area (TPSA) is 24.8 Å². The van der Waals surface area contributed by atoms with Gasteiger partial charge >= 0.3 is 0 Å². The van der Waals surface area contributed by atoms with Crippen molar-refractivity contribution in [3.05, 3.63) is 24.4 Å². The number of dihydropyridines is 1. The van der Waals surface area contributed by atoms with Crippen LogP contribution in [0, 0.1) is 0 Å². The Hall–Kier alpha value is -0.600. The summed E-state index contributed by atoms with van der Waals surface area (Å²) in [5.74, 6) is 0. The molecule has 2 unspecified atom stereocenters. The van der Waals surface area contributed by atoms with Gasteiger partial charge in [0.15, 0.2) is 6.04 Å². The Morgan fingerprint density at radius 1 is 1.25 bits per heavy atom. The predicted octanol–water partition coefficient (Wildman–Crippen LogP) is 0.357. The highest BCUT2D eigenvalue weighted by molar-refractivity contribution is 5.07. The number of hydrogen-bond donors (Lipinski definition) is 1. The molecule has 2 nitrogen and oxygen atoms in total. The molecule has 0 amide bonds. The Kier molecular flexibility index (Phi) is 2.59. The van der Waals surface area contributed by atoms with Gasteiger partial charge in [-0.2, -0.15) is 0 Å². The Bertz CT molecular complexity index is 192. The summed E-state index contributed by atoms with van der Waals surface area (Å²) in [6.45, 7) is 0.931. The molecule has 1 saturated heterocycles. The van der Waals surface area contributed by atoms with E-state index in [0.29, 0.717) is 12.1 Å². The molecule has 12 heavy (non-hydrogen) atoms. The van der Waals surface area contributed by atoms with Gasteiger partial charge in [0.2, 0.25) is 0 Å². The van der Waals surface area contributed by atoms with Crippen molar-refractivity contribution in [1.82, 2.24) is 0 Å². The van der Waals surface area contributed by atoms with Crippen LogP contribution in [0.4, 0.5) is 0 Å². The zero-order valence-corrected chi connectivity index (χ0v) is 7.20. The van der Waals surface area contributed by atoms with E-state index in [1.807, 2.05) is 12.3 Å². The fraction of sp³-hybridized carbons (Fsp3) is 0.600. The lowest BCUT2D eigenvalue weighted by atomic mass is 10.0. The molecule has 0 aromatic heterocycles. The molecule has 2 heterocycles. The molecule has 2 rings (SSSR count). The molecule has 2 heteroatoms. The van der Waals surface area contributed by atoms with Crippen LogP contribution in [0.3, 0.4) is 0 Å². The second-order valence-corrected chi connectivity index (χ2v) is 3.34. The lowest BCUT2D eigenvalue weighted by molar-refractivity contribution is -0.626. The molecule has 2 aliphatic rings. The molecule has 0 aliphatic carbocycles. The van der Waals surface area contributed by atoms with E-state index in [-0.39, 0.29) is 0 Å². The SMILES string of the molecule is C1=C[NH+]C(C2CCCCO2)C=C1. The van der Waals surface area contributed by atoms with E-state index in [9.17, 15) is 0 Å². The molecule has 0 bridgehead atoms. The van der Waals surface area contributed by atoms with Gasteiger partial charge in [0.1, 0.15) is 12.3 Å². The molecule has 1 fully saturated rings. The minimum Gasteiger partial charge on any atom is -0.371 e. The molecule has 2 aliphatic heterocycles. The number of rotatable bonds is 1. The monoisotopic (exact) mass is 165 g/mol. The number of nitrogens with one attached hydrogen (secondary N) is 1. The highest BCUT2D eigenvalue weighted by Crippen LogP contribution is 2.15. The van der Waals surface area contributed by atoms with Gasteiger partial charge in [0.05, 0.1) is 0 Å².